The molecule has 1 aromatic carbocycles. The molecule has 40 heavy (non-hydrogen) atoms. The normalized spacial score (nSPS) is 13.9. The number of hydrogen-bond donors (Lipinski definition) is 0. The number of halogens is 1. The third-order valence-electron chi connectivity index (χ3n) is 7.30. The molecule has 9 heteroatoms. The topological polar surface area (TPSA) is 84.3 Å². The van der Waals surface area contributed by atoms with Gasteiger partial charge in [-0.05, 0) is 48.9 Å². The van der Waals surface area contributed by atoms with Gasteiger partial charge in [0.2, 0.25) is 0 Å². The maximum atomic E-state index is 14.0. The highest BCUT2D eigenvalue weighted by atomic mass is 19.1. The lowest BCUT2D eigenvalue weighted by Crippen LogP contribution is -2.38. The predicted octanol–water partition coefficient (Wildman–Crippen LogP) is 5.89. The Bertz CT molecular complexity index is 1760. The first-order chi connectivity index (χ1) is 19.4. The summed E-state index contributed by atoms with van der Waals surface area (Å²) in [5.41, 5.74) is 6.12. The van der Waals surface area contributed by atoms with Crippen LogP contribution in [0.4, 0.5) is 10.2 Å². The van der Waals surface area contributed by atoms with Gasteiger partial charge >= 0.3 is 0 Å². The second kappa shape index (κ2) is 10.3. The summed E-state index contributed by atoms with van der Waals surface area (Å²) in [6.45, 7) is 7.24. The Balaban J connectivity index is 1.20. The summed E-state index contributed by atoms with van der Waals surface area (Å²) in [6.07, 6.45) is 10.8. The number of hydrogen-bond acceptors (Lipinski definition) is 6. The van der Waals surface area contributed by atoms with Gasteiger partial charge < -0.3 is 9.64 Å². The van der Waals surface area contributed by atoms with E-state index < -0.39 is 0 Å². The fourth-order valence-electron chi connectivity index (χ4n) is 5.18. The smallest absolute Gasteiger partial charge is 0.130 e. The minimum Gasteiger partial charge on any atom is -0.490 e. The second-order valence-electron chi connectivity index (χ2n) is 10.1. The minimum atomic E-state index is -0.286. The van der Waals surface area contributed by atoms with Crippen LogP contribution >= 0.6 is 0 Å². The van der Waals surface area contributed by atoms with Gasteiger partial charge in [0.25, 0.3) is 0 Å². The lowest BCUT2D eigenvalue weighted by atomic mass is 10.0. The molecule has 8 nitrogen and oxygen atoms in total. The molecule has 1 aliphatic rings. The molecule has 5 aromatic rings. The predicted molar refractivity (Wildman–Crippen MR) is 152 cm³/mol. The first-order valence-corrected chi connectivity index (χ1v) is 13.1. The fourth-order valence-corrected chi connectivity index (χ4v) is 5.18. The van der Waals surface area contributed by atoms with Crippen molar-refractivity contribution in [1.29, 1.82) is 5.26 Å². The van der Waals surface area contributed by atoms with E-state index in [1.54, 1.807) is 34.5 Å². The second-order valence-corrected chi connectivity index (χ2v) is 10.1. The Morgan fingerprint density at radius 3 is 2.52 bits per heavy atom. The van der Waals surface area contributed by atoms with Crippen molar-refractivity contribution in [3.8, 4) is 34.1 Å². The molecule has 4 aromatic heterocycles. The molecule has 0 radical (unpaired) electrons. The molecule has 1 saturated heterocycles. The zero-order valence-electron chi connectivity index (χ0n) is 22.4. The van der Waals surface area contributed by atoms with Crippen molar-refractivity contribution in [3.05, 3.63) is 90.9 Å². The number of anilines is 1. The lowest BCUT2D eigenvalue weighted by molar-refractivity contribution is 0.170. The first-order valence-electron chi connectivity index (χ1n) is 13.1. The largest absolute Gasteiger partial charge is 0.490 e. The van der Waals surface area contributed by atoms with Crippen LogP contribution in [0, 0.1) is 17.1 Å². The van der Waals surface area contributed by atoms with Crippen LogP contribution in [0.15, 0.2) is 74.0 Å². The molecule has 1 aliphatic heterocycles. The van der Waals surface area contributed by atoms with Crippen LogP contribution in [0.1, 0.15) is 30.9 Å². The summed E-state index contributed by atoms with van der Waals surface area (Å²) in [6, 6.07) is 13.2. The Morgan fingerprint density at radius 2 is 1.85 bits per heavy atom. The van der Waals surface area contributed by atoms with Gasteiger partial charge in [0.05, 0.1) is 23.5 Å². The molecule has 0 bridgehead atoms. The van der Waals surface area contributed by atoms with Crippen molar-refractivity contribution in [1.82, 2.24) is 24.4 Å². The average Bonchev–Trinajstić information content (AvgIpc) is 3.60. The van der Waals surface area contributed by atoms with Crippen LogP contribution < -0.4 is 9.64 Å². The summed E-state index contributed by atoms with van der Waals surface area (Å²) in [7, 11) is 1.88. The SMILES string of the molecule is C=C(C)c1cc(OC2CCN(c3ccc(-c4cc(-c5cnn(C)c5)cn5ncc(C#N)c45)cn3)CC2)ccc1F. The van der Waals surface area contributed by atoms with Crippen molar-refractivity contribution in [2.45, 2.75) is 25.9 Å². The van der Waals surface area contributed by atoms with Gasteiger partial charge in [-0.15, -0.1) is 0 Å². The number of benzene rings is 1. The van der Waals surface area contributed by atoms with Crippen molar-refractivity contribution >= 4 is 16.9 Å². The van der Waals surface area contributed by atoms with Gasteiger partial charge in [0, 0.05) is 79.4 Å². The number of rotatable bonds is 6. The van der Waals surface area contributed by atoms with Crippen LogP contribution in [-0.4, -0.2) is 43.6 Å². The molecular formula is C31H28FN7O. The number of nitriles is 1. The summed E-state index contributed by atoms with van der Waals surface area (Å²) < 4.78 is 23.7. The van der Waals surface area contributed by atoms with Crippen LogP contribution in [0.5, 0.6) is 5.75 Å². The van der Waals surface area contributed by atoms with Crippen molar-refractivity contribution in [3.63, 3.8) is 0 Å². The molecule has 0 atom stereocenters. The molecule has 0 unspecified atom stereocenters. The average molecular weight is 534 g/mol. The number of ether oxygens (including phenoxy) is 1. The van der Waals surface area contributed by atoms with Crippen molar-refractivity contribution in [2.75, 3.05) is 18.0 Å². The Kier molecular flexibility index (Phi) is 6.52. The summed E-state index contributed by atoms with van der Waals surface area (Å²) >= 11 is 0. The van der Waals surface area contributed by atoms with Gasteiger partial charge in [-0.3, -0.25) is 4.68 Å². The maximum Gasteiger partial charge on any atom is 0.130 e. The third kappa shape index (κ3) is 4.80. The van der Waals surface area contributed by atoms with Crippen LogP contribution in [0.2, 0.25) is 0 Å². The quantitative estimate of drug-likeness (QED) is 0.271. The summed E-state index contributed by atoms with van der Waals surface area (Å²) in [5.74, 6) is 1.27. The van der Waals surface area contributed by atoms with E-state index in [2.05, 4.69) is 33.8 Å². The van der Waals surface area contributed by atoms with E-state index in [-0.39, 0.29) is 11.9 Å². The summed E-state index contributed by atoms with van der Waals surface area (Å²) in [4.78, 5) is 7.03. The van der Waals surface area contributed by atoms with Crippen molar-refractivity contribution < 1.29 is 9.13 Å². The van der Waals surface area contributed by atoms with Gasteiger partial charge in [-0.1, -0.05) is 6.58 Å². The van der Waals surface area contributed by atoms with E-state index in [0.717, 1.165) is 59.5 Å². The van der Waals surface area contributed by atoms with Gasteiger partial charge in [-0.25, -0.2) is 13.9 Å². The third-order valence-corrected chi connectivity index (χ3v) is 7.30. The molecule has 0 spiro atoms. The van der Waals surface area contributed by atoms with E-state index in [1.165, 1.54) is 6.07 Å². The van der Waals surface area contributed by atoms with Gasteiger partial charge in [-0.2, -0.15) is 15.5 Å². The fraction of sp³-hybridized carbons (Fsp3) is 0.226. The molecule has 200 valence electrons. The zero-order valence-corrected chi connectivity index (χ0v) is 22.4. The summed E-state index contributed by atoms with van der Waals surface area (Å²) in [5, 5.41) is 18.4. The highest BCUT2D eigenvalue weighted by Gasteiger charge is 2.22. The number of pyridine rings is 2. The first kappa shape index (κ1) is 25.3. The highest BCUT2D eigenvalue weighted by Crippen LogP contribution is 2.33. The molecule has 0 N–H and O–H groups in total. The monoisotopic (exact) mass is 533 g/mol. The standard InChI is InChI=1S/C31H28FN7O/c1-20(2)27-13-26(5-6-29(27)32)40-25-8-10-38(11-9-25)30-7-4-21(15-34-30)28-12-22(24-17-35-37(3)18-24)19-39-31(28)23(14-33)16-36-39/h4-7,12-13,15-19,25H,1,8-11H2,2-3H3. The lowest BCUT2D eigenvalue weighted by Gasteiger charge is -2.33. The van der Waals surface area contributed by atoms with E-state index >= 15 is 0 Å². The number of aromatic nitrogens is 5. The highest BCUT2D eigenvalue weighted by molar-refractivity contribution is 5.87. The van der Waals surface area contributed by atoms with Crippen LogP contribution in [0.3, 0.4) is 0 Å². The number of piperidine rings is 1. The minimum absolute atomic E-state index is 0.0497. The molecule has 5 heterocycles. The van der Waals surface area contributed by atoms with Gasteiger partial charge in [0.1, 0.15) is 29.6 Å². The van der Waals surface area contributed by atoms with E-state index in [1.807, 2.05) is 44.0 Å². The molecule has 0 amide bonds. The van der Waals surface area contributed by atoms with E-state index in [0.29, 0.717) is 22.4 Å². The van der Waals surface area contributed by atoms with Crippen molar-refractivity contribution in [2.24, 2.45) is 7.05 Å². The van der Waals surface area contributed by atoms with E-state index in [4.69, 9.17) is 9.72 Å². The molecule has 0 saturated carbocycles. The molecular weight excluding hydrogens is 505 g/mol. The maximum absolute atomic E-state index is 14.0. The Hall–Kier alpha value is -4.97. The zero-order chi connectivity index (χ0) is 27.8. The van der Waals surface area contributed by atoms with Crippen LogP contribution in [-0.2, 0) is 7.05 Å². The van der Waals surface area contributed by atoms with Crippen LogP contribution in [0.25, 0.3) is 33.3 Å². The Labute approximate surface area is 231 Å². The molecule has 1 fully saturated rings. The Morgan fingerprint density at radius 1 is 1.02 bits per heavy atom. The number of aryl methyl sites for hydroxylation is 1. The molecule has 0 aliphatic carbocycles. The van der Waals surface area contributed by atoms with E-state index in [9.17, 15) is 9.65 Å². The number of allylic oxidation sites excluding steroid dienone is 1. The number of fused-ring (bicyclic) bond motifs is 1. The van der Waals surface area contributed by atoms with Gasteiger partial charge in [0.15, 0.2) is 0 Å². The molecule has 6 rings (SSSR count). The number of nitrogens with zero attached hydrogens (tertiary/aromatic N) is 7.